The van der Waals surface area contributed by atoms with Crippen LogP contribution in [-0.4, -0.2) is 31.1 Å². The van der Waals surface area contributed by atoms with E-state index < -0.39 is 0 Å². The third-order valence-corrected chi connectivity index (χ3v) is 4.54. The van der Waals surface area contributed by atoms with Gasteiger partial charge in [-0.1, -0.05) is 19.1 Å². The van der Waals surface area contributed by atoms with Gasteiger partial charge in [0.25, 0.3) is 11.8 Å². The van der Waals surface area contributed by atoms with Crippen molar-refractivity contribution in [3.05, 3.63) is 65.2 Å². The highest BCUT2D eigenvalue weighted by Crippen LogP contribution is 2.13. The number of anilines is 1. The lowest BCUT2D eigenvalue weighted by Gasteiger charge is -2.11. The zero-order chi connectivity index (χ0) is 18.4. The number of ether oxygens (including phenoxy) is 1. The molecule has 0 aliphatic carbocycles. The van der Waals surface area contributed by atoms with E-state index in [1.54, 1.807) is 24.3 Å². The summed E-state index contributed by atoms with van der Waals surface area (Å²) in [4.78, 5) is 24.5. The Kier molecular flexibility index (Phi) is 6.02. The number of carbonyl (C=O) groups is 2. The van der Waals surface area contributed by atoms with Crippen LogP contribution in [0, 0.1) is 0 Å². The van der Waals surface area contributed by atoms with Gasteiger partial charge in [0.2, 0.25) is 0 Å². The molecule has 1 aliphatic rings. The molecule has 0 saturated carbocycles. The predicted octanol–water partition coefficient (Wildman–Crippen LogP) is 3.41. The summed E-state index contributed by atoms with van der Waals surface area (Å²) in [5, 5.41) is 5.74. The summed E-state index contributed by atoms with van der Waals surface area (Å²) < 4.78 is 5.49. The first-order valence-corrected chi connectivity index (χ1v) is 9.06. The SMILES string of the molecule is CCc1ccc(NC(=O)c2ccc(C(=O)NCC3CCCO3)cc2)cc1. The number of nitrogens with one attached hydrogen (secondary N) is 2. The van der Waals surface area contributed by atoms with Gasteiger partial charge in [-0.05, 0) is 61.2 Å². The van der Waals surface area contributed by atoms with Crippen molar-refractivity contribution in [1.82, 2.24) is 5.32 Å². The van der Waals surface area contributed by atoms with E-state index in [1.165, 1.54) is 5.56 Å². The van der Waals surface area contributed by atoms with Crippen molar-refractivity contribution in [2.45, 2.75) is 32.3 Å². The van der Waals surface area contributed by atoms with E-state index in [2.05, 4.69) is 17.6 Å². The van der Waals surface area contributed by atoms with Crippen molar-refractivity contribution < 1.29 is 14.3 Å². The maximum atomic E-state index is 12.3. The van der Waals surface area contributed by atoms with Gasteiger partial charge in [0.15, 0.2) is 0 Å². The fraction of sp³-hybridized carbons (Fsp3) is 0.333. The largest absolute Gasteiger partial charge is 0.376 e. The Labute approximate surface area is 153 Å². The number of hydrogen-bond acceptors (Lipinski definition) is 3. The molecule has 1 saturated heterocycles. The molecule has 0 radical (unpaired) electrons. The highest BCUT2D eigenvalue weighted by Gasteiger charge is 2.17. The molecule has 0 spiro atoms. The first-order valence-electron chi connectivity index (χ1n) is 9.06. The highest BCUT2D eigenvalue weighted by molar-refractivity contribution is 6.05. The van der Waals surface area contributed by atoms with Crippen LogP contribution in [0.3, 0.4) is 0 Å². The molecule has 5 nitrogen and oxygen atoms in total. The summed E-state index contributed by atoms with van der Waals surface area (Å²) in [7, 11) is 0. The maximum Gasteiger partial charge on any atom is 0.255 e. The minimum Gasteiger partial charge on any atom is -0.376 e. The summed E-state index contributed by atoms with van der Waals surface area (Å²) in [6.45, 7) is 3.38. The van der Waals surface area contributed by atoms with Crippen LogP contribution in [-0.2, 0) is 11.2 Å². The van der Waals surface area contributed by atoms with Gasteiger partial charge in [-0.2, -0.15) is 0 Å². The van der Waals surface area contributed by atoms with Crippen LogP contribution in [0.4, 0.5) is 5.69 Å². The van der Waals surface area contributed by atoms with Crippen LogP contribution in [0.2, 0.25) is 0 Å². The molecule has 1 aliphatic heterocycles. The molecular weight excluding hydrogens is 328 g/mol. The van der Waals surface area contributed by atoms with Crippen LogP contribution in [0.25, 0.3) is 0 Å². The molecular formula is C21H24N2O3. The van der Waals surface area contributed by atoms with Crippen LogP contribution < -0.4 is 10.6 Å². The molecule has 3 rings (SSSR count). The molecule has 2 amide bonds. The molecule has 2 N–H and O–H groups in total. The standard InChI is InChI=1S/C21H24N2O3/c1-2-15-5-11-18(12-6-15)23-21(25)17-9-7-16(8-10-17)20(24)22-14-19-4-3-13-26-19/h5-12,19H,2-4,13-14H2,1H3,(H,22,24)(H,23,25). The number of hydrogen-bond donors (Lipinski definition) is 2. The predicted molar refractivity (Wildman–Crippen MR) is 102 cm³/mol. The summed E-state index contributed by atoms with van der Waals surface area (Å²) in [6, 6.07) is 14.4. The molecule has 1 unspecified atom stereocenters. The summed E-state index contributed by atoms with van der Waals surface area (Å²) >= 11 is 0. The number of aryl methyl sites for hydroxylation is 1. The number of benzene rings is 2. The van der Waals surface area contributed by atoms with Crippen molar-refractivity contribution in [3.63, 3.8) is 0 Å². The van der Waals surface area contributed by atoms with Gasteiger partial charge < -0.3 is 15.4 Å². The van der Waals surface area contributed by atoms with E-state index in [1.807, 2.05) is 24.3 Å². The minimum absolute atomic E-state index is 0.114. The van der Waals surface area contributed by atoms with Gasteiger partial charge >= 0.3 is 0 Å². The number of carbonyl (C=O) groups excluding carboxylic acids is 2. The second kappa shape index (κ2) is 8.63. The number of amides is 2. The first kappa shape index (κ1) is 18.1. The molecule has 5 heteroatoms. The zero-order valence-electron chi connectivity index (χ0n) is 15.0. The average Bonchev–Trinajstić information content (AvgIpc) is 3.20. The van der Waals surface area contributed by atoms with Gasteiger partial charge in [0, 0.05) is 30.0 Å². The van der Waals surface area contributed by atoms with E-state index in [0.717, 1.165) is 31.6 Å². The van der Waals surface area contributed by atoms with Crippen molar-refractivity contribution >= 4 is 17.5 Å². The highest BCUT2D eigenvalue weighted by atomic mass is 16.5. The normalized spacial score (nSPS) is 16.3. The Balaban J connectivity index is 1.55. The molecule has 2 aromatic rings. The third-order valence-electron chi connectivity index (χ3n) is 4.54. The minimum atomic E-state index is -0.194. The van der Waals surface area contributed by atoms with Crippen molar-refractivity contribution in [1.29, 1.82) is 0 Å². The lowest BCUT2D eigenvalue weighted by molar-refractivity contribution is 0.0857. The lowest BCUT2D eigenvalue weighted by atomic mass is 10.1. The molecule has 1 atom stereocenters. The zero-order valence-corrected chi connectivity index (χ0v) is 15.0. The van der Waals surface area contributed by atoms with Gasteiger partial charge in [-0.25, -0.2) is 0 Å². The van der Waals surface area contributed by atoms with E-state index in [-0.39, 0.29) is 17.9 Å². The molecule has 2 aromatic carbocycles. The van der Waals surface area contributed by atoms with E-state index in [0.29, 0.717) is 17.7 Å². The summed E-state index contributed by atoms with van der Waals surface area (Å²) in [5.41, 5.74) is 3.03. The molecule has 1 heterocycles. The van der Waals surface area contributed by atoms with Crippen LogP contribution in [0.1, 0.15) is 46.0 Å². The van der Waals surface area contributed by atoms with Crippen molar-refractivity contribution in [2.75, 3.05) is 18.5 Å². The van der Waals surface area contributed by atoms with E-state index in [4.69, 9.17) is 4.74 Å². The molecule has 26 heavy (non-hydrogen) atoms. The Morgan fingerprint density at radius 2 is 1.65 bits per heavy atom. The van der Waals surface area contributed by atoms with Crippen molar-refractivity contribution in [3.8, 4) is 0 Å². The second-order valence-corrected chi connectivity index (χ2v) is 6.43. The number of rotatable bonds is 6. The summed E-state index contributed by atoms with van der Waals surface area (Å²) in [6.07, 6.45) is 3.11. The fourth-order valence-corrected chi connectivity index (χ4v) is 2.91. The molecule has 0 aromatic heterocycles. The summed E-state index contributed by atoms with van der Waals surface area (Å²) in [5.74, 6) is -0.344. The maximum absolute atomic E-state index is 12.3. The molecule has 0 bridgehead atoms. The molecule has 136 valence electrons. The van der Waals surface area contributed by atoms with Gasteiger partial charge in [-0.15, -0.1) is 0 Å². The Morgan fingerprint density at radius 3 is 2.23 bits per heavy atom. The fourth-order valence-electron chi connectivity index (χ4n) is 2.91. The van der Waals surface area contributed by atoms with E-state index >= 15 is 0 Å². The molecule has 1 fully saturated rings. The lowest BCUT2D eigenvalue weighted by Crippen LogP contribution is -2.31. The van der Waals surface area contributed by atoms with Gasteiger partial charge in [0.1, 0.15) is 0 Å². The average molecular weight is 352 g/mol. The smallest absolute Gasteiger partial charge is 0.255 e. The van der Waals surface area contributed by atoms with Crippen LogP contribution in [0.5, 0.6) is 0 Å². The van der Waals surface area contributed by atoms with Crippen LogP contribution >= 0.6 is 0 Å². The Morgan fingerprint density at radius 1 is 1.00 bits per heavy atom. The van der Waals surface area contributed by atoms with E-state index in [9.17, 15) is 9.59 Å². The Hall–Kier alpha value is -2.66. The first-order chi connectivity index (χ1) is 12.7. The van der Waals surface area contributed by atoms with Gasteiger partial charge in [0.05, 0.1) is 6.10 Å². The van der Waals surface area contributed by atoms with Crippen molar-refractivity contribution in [2.24, 2.45) is 0 Å². The third kappa shape index (κ3) is 4.70. The van der Waals surface area contributed by atoms with Gasteiger partial charge in [-0.3, -0.25) is 9.59 Å². The monoisotopic (exact) mass is 352 g/mol. The Bertz CT molecular complexity index is 748. The second-order valence-electron chi connectivity index (χ2n) is 6.43. The topological polar surface area (TPSA) is 67.4 Å². The van der Waals surface area contributed by atoms with Crippen LogP contribution in [0.15, 0.2) is 48.5 Å². The quantitative estimate of drug-likeness (QED) is 0.837.